The van der Waals surface area contributed by atoms with Crippen molar-refractivity contribution < 1.29 is 23.7 Å². The van der Waals surface area contributed by atoms with Crippen LogP contribution in [0.25, 0.3) is 0 Å². The molecule has 0 saturated carbocycles. The minimum absolute atomic E-state index is 0.501. The maximum atomic E-state index is 5.74. The van der Waals surface area contributed by atoms with Gasteiger partial charge in [0.2, 0.25) is 17.2 Å². The topological polar surface area (TPSA) is 46.2 Å². The Morgan fingerprint density at radius 2 is 0.857 bits per heavy atom. The molecule has 0 aliphatic heterocycles. The van der Waals surface area contributed by atoms with Gasteiger partial charge in [0, 0.05) is 6.07 Å². The molecule has 0 amide bonds. The van der Waals surface area contributed by atoms with Gasteiger partial charge in [0.15, 0.2) is 11.5 Å². The highest BCUT2D eigenvalue weighted by Gasteiger charge is 2.24. The van der Waals surface area contributed by atoms with E-state index in [0.29, 0.717) is 61.8 Å². The zero-order valence-corrected chi connectivity index (χ0v) is 13.7. The molecule has 0 atom stereocenters. The van der Waals surface area contributed by atoms with Crippen LogP contribution >= 0.6 is 0 Å². The molecule has 1 rings (SSSR count). The number of ether oxygens (including phenoxy) is 5. The van der Waals surface area contributed by atoms with Crippen molar-refractivity contribution in [2.45, 2.75) is 34.6 Å². The van der Waals surface area contributed by atoms with Crippen molar-refractivity contribution in [2.75, 3.05) is 33.0 Å². The quantitative estimate of drug-likeness (QED) is 0.659. The lowest BCUT2D eigenvalue weighted by atomic mass is 10.2. The van der Waals surface area contributed by atoms with Crippen LogP contribution in [0, 0.1) is 0 Å². The molecule has 0 unspecified atom stereocenters. The van der Waals surface area contributed by atoms with E-state index in [1.807, 2.05) is 34.6 Å². The largest absolute Gasteiger partial charge is 0.490 e. The van der Waals surface area contributed by atoms with Gasteiger partial charge in [0.05, 0.1) is 33.0 Å². The van der Waals surface area contributed by atoms with Crippen molar-refractivity contribution in [2.24, 2.45) is 0 Å². The van der Waals surface area contributed by atoms with Crippen LogP contribution in [-0.2, 0) is 0 Å². The monoisotopic (exact) mass is 298 g/mol. The van der Waals surface area contributed by atoms with Gasteiger partial charge in [-0.15, -0.1) is 0 Å². The van der Waals surface area contributed by atoms with E-state index in [2.05, 4.69) is 0 Å². The van der Waals surface area contributed by atoms with E-state index in [1.54, 1.807) is 6.07 Å². The minimum atomic E-state index is 0.501. The first kappa shape index (κ1) is 17.3. The van der Waals surface area contributed by atoms with Gasteiger partial charge < -0.3 is 23.7 Å². The Morgan fingerprint density at radius 3 is 1.19 bits per heavy atom. The molecular weight excluding hydrogens is 272 g/mol. The van der Waals surface area contributed by atoms with Crippen LogP contribution in [0.4, 0.5) is 0 Å². The third kappa shape index (κ3) is 4.34. The second-order valence-corrected chi connectivity index (χ2v) is 4.03. The van der Waals surface area contributed by atoms with Crippen LogP contribution in [0.3, 0.4) is 0 Å². The van der Waals surface area contributed by atoms with E-state index in [4.69, 9.17) is 23.7 Å². The number of rotatable bonds is 10. The Kier molecular flexibility index (Phi) is 7.58. The van der Waals surface area contributed by atoms with Crippen LogP contribution < -0.4 is 23.7 Å². The van der Waals surface area contributed by atoms with Gasteiger partial charge in [-0.2, -0.15) is 0 Å². The molecule has 0 radical (unpaired) electrons. The molecule has 120 valence electrons. The van der Waals surface area contributed by atoms with Crippen molar-refractivity contribution in [3.8, 4) is 28.7 Å². The molecule has 0 spiro atoms. The maximum Gasteiger partial charge on any atom is 0.211 e. The van der Waals surface area contributed by atoms with Crippen LogP contribution in [0.5, 0.6) is 28.7 Å². The molecule has 21 heavy (non-hydrogen) atoms. The fourth-order valence-electron chi connectivity index (χ4n) is 1.94. The summed E-state index contributed by atoms with van der Waals surface area (Å²) >= 11 is 0. The Hall–Kier alpha value is -1.78. The van der Waals surface area contributed by atoms with Gasteiger partial charge in [0.1, 0.15) is 0 Å². The Bertz CT molecular complexity index is 397. The van der Waals surface area contributed by atoms with E-state index in [0.717, 1.165) is 0 Å². The lowest BCUT2D eigenvalue weighted by Gasteiger charge is -2.21. The predicted octanol–water partition coefficient (Wildman–Crippen LogP) is 3.68. The summed E-state index contributed by atoms with van der Waals surface area (Å²) in [6, 6.07) is 1.80. The molecule has 0 bridgehead atoms. The van der Waals surface area contributed by atoms with E-state index in [-0.39, 0.29) is 0 Å². The molecule has 0 fully saturated rings. The second kappa shape index (κ2) is 9.21. The molecule has 5 nitrogen and oxygen atoms in total. The lowest BCUT2D eigenvalue weighted by molar-refractivity contribution is 0.231. The highest BCUT2D eigenvalue weighted by atomic mass is 16.6. The maximum absolute atomic E-state index is 5.74. The number of benzene rings is 1. The van der Waals surface area contributed by atoms with Gasteiger partial charge >= 0.3 is 0 Å². The molecule has 5 heteroatoms. The summed E-state index contributed by atoms with van der Waals surface area (Å²) in [5.41, 5.74) is 0. The molecule has 0 saturated heterocycles. The molecule has 0 N–H and O–H groups in total. The SMILES string of the molecule is CCOc1cc(OCC)c(OCC)c(OCC)c1OCC. The first-order valence-corrected chi connectivity index (χ1v) is 7.58. The third-order valence-electron chi connectivity index (χ3n) is 2.59. The standard InChI is InChI=1S/C16H26O5/c1-6-17-12-11-13(18-7-2)15(20-9-4)16(21-10-5)14(12)19-8-3/h11H,6-10H2,1-5H3. The smallest absolute Gasteiger partial charge is 0.211 e. The van der Waals surface area contributed by atoms with Crippen LogP contribution in [0.2, 0.25) is 0 Å². The zero-order valence-electron chi connectivity index (χ0n) is 13.7. The number of hydrogen-bond acceptors (Lipinski definition) is 5. The Morgan fingerprint density at radius 1 is 0.524 bits per heavy atom. The minimum Gasteiger partial charge on any atom is -0.490 e. The fourth-order valence-corrected chi connectivity index (χ4v) is 1.94. The van der Waals surface area contributed by atoms with Crippen LogP contribution in [0.15, 0.2) is 6.07 Å². The number of hydrogen-bond donors (Lipinski definition) is 0. The van der Waals surface area contributed by atoms with Crippen LogP contribution in [-0.4, -0.2) is 33.0 Å². The highest BCUT2D eigenvalue weighted by molar-refractivity contribution is 5.65. The summed E-state index contributed by atoms with van der Waals surface area (Å²) in [5.74, 6) is 2.88. The van der Waals surface area contributed by atoms with Gasteiger partial charge in [-0.3, -0.25) is 0 Å². The zero-order chi connectivity index (χ0) is 15.7. The Balaban J connectivity index is 3.44. The average Bonchev–Trinajstić information content (AvgIpc) is 2.47. The first-order valence-electron chi connectivity index (χ1n) is 7.58. The van der Waals surface area contributed by atoms with Crippen molar-refractivity contribution in [1.82, 2.24) is 0 Å². The van der Waals surface area contributed by atoms with E-state index < -0.39 is 0 Å². The third-order valence-corrected chi connectivity index (χ3v) is 2.59. The molecule has 0 aromatic heterocycles. The summed E-state index contributed by atoms with van der Waals surface area (Å²) in [7, 11) is 0. The summed E-state index contributed by atoms with van der Waals surface area (Å²) in [4.78, 5) is 0. The molecule has 1 aromatic rings. The van der Waals surface area contributed by atoms with Gasteiger partial charge in [-0.05, 0) is 34.6 Å². The molecular formula is C16H26O5. The summed E-state index contributed by atoms with van der Waals surface area (Å²) in [6.07, 6.45) is 0. The molecule has 0 aliphatic rings. The molecule has 0 heterocycles. The fraction of sp³-hybridized carbons (Fsp3) is 0.625. The summed E-state index contributed by atoms with van der Waals surface area (Å²) in [6.45, 7) is 12.2. The van der Waals surface area contributed by atoms with Crippen molar-refractivity contribution in [3.63, 3.8) is 0 Å². The predicted molar refractivity (Wildman–Crippen MR) is 82.3 cm³/mol. The van der Waals surface area contributed by atoms with E-state index in [9.17, 15) is 0 Å². The second-order valence-electron chi connectivity index (χ2n) is 4.03. The summed E-state index contributed by atoms with van der Waals surface area (Å²) < 4.78 is 28.5. The van der Waals surface area contributed by atoms with Crippen molar-refractivity contribution >= 4 is 0 Å². The molecule has 1 aromatic carbocycles. The summed E-state index contributed by atoms with van der Waals surface area (Å²) in [5, 5.41) is 0. The average molecular weight is 298 g/mol. The normalized spacial score (nSPS) is 10.1. The Labute approximate surface area is 127 Å². The van der Waals surface area contributed by atoms with E-state index in [1.165, 1.54) is 0 Å². The van der Waals surface area contributed by atoms with Crippen molar-refractivity contribution in [3.05, 3.63) is 6.07 Å². The van der Waals surface area contributed by atoms with Gasteiger partial charge in [-0.1, -0.05) is 0 Å². The van der Waals surface area contributed by atoms with Crippen molar-refractivity contribution in [1.29, 1.82) is 0 Å². The molecule has 0 aliphatic carbocycles. The van der Waals surface area contributed by atoms with Gasteiger partial charge in [0.25, 0.3) is 0 Å². The highest BCUT2D eigenvalue weighted by Crippen LogP contribution is 2.50. The van der Waals surface area contributed by atoms with E-state index >= 15 is 0 Å². The lowest BCUT2D eigenvalue weighted by Crippen LogP contribution is -2.07. The van der Waals surface area contributed by atoms with Crippen LogP contribution in [0.1, 0.15) is 34.6 Å². The first-order chi connectivity index (χ1) is 10.2. The van der Waals surface area contributed by atoms with Gasteiger partial charge in [-0.25, -0.2) is 0 Å².